The van der Waals surface area contributed by atoms with E-state index in [1.54, 1.807) is 20.0 Å². The highest BCUT2D eigenvalue weighted by molar-refractivity contribution is 7.89. The van der Waals surface area contributed by atoms with E-state index >= 15 is 0 Å². The second-order valence-electron chi connectivity index (χ2n) is 4.72. The second kappa shape index (κ2) is 6.23. The predicted octanol–water partition coefficient (Wildman–Crippen LogP) is 0.722. The maximum Gasteiger partial charge on any atom is 0.241 e. The van der Waals surface area contributed by atoms with Crippen molar-refractivity contribution in [3.8, 4) is 0 Å². The summed E-state index contributed by atoms with van der Waals surface area (Å²) in [6.45, 7) is 5.53. The summed E-state index contributed by atoms with van der Waals surface area (Å²) in [5, 5.41) is 0. The fourth-order valence-corrected chi connectivity index (χ4v) is 3.23. The molecule has 3 N–H and O–H groups in total. The highest BCUT2D eigenvalue weighted by Crippen LogP contribution is 2.18. The molecule has 1 unspecified atom stereocenters. The third-order valence-electron chi connectivity index (χ3n) is 3.04. The molecule has 0 heterocycles. The molecule has 0 aliphatic rings. The van der Waals surface area contributed by atoms with Crippen LogP contribution in [0.5, 0.6) is 0 Å². The van der Waals surface area contributed by atoms with Gasteiger partial charge in [-0.3, -0.25) is 4.79 Å². The number of rotatable bonds is 5. The van der Waals surface area contributed by atoms with Crippen molar-refractivity contribution in [2.45, 2.75) is 31.7 Å². The molecule has 1 rings (SSSR count). The maximum atomic E-state index is 12.3. The van der Waals surface area contributed by atoms with Gasteiger partial charge in [0.15, 0.2) is 0 Å². The van der Waals surface area contributed by atoms with Crippen molar-refractivity contribution in [2.24, 2.45) is 0 Å². The Morgan fingerprint density at radius 1 is 1.45 bits per heavy atom. The Balaban J connectivity index is 2.98. The first kappa shape index (κ1) is 16.5. The molecule has 0 saturated carbocycles. The van der Waals surface area contributed by atoms with Gasteiger partial charge in [0.05, 0.1) is 10.9 Å². The number of likely N-dealkylation sites (N-methyl/N-ethyl adjacent to an activating group) is 1. The summed E-state index contributed by atoms with van der Waals surface area (Å²) in [5.41, 5.74) is 6.64. The number of nitrogens with two attached hydrogens (primary N) is 1. The van der Waals surface area contributed by atoms with Crippen LogP contribution >= 0.6 is 0 Å². The number of hydrogen-bond acceptors (Lipinski definition) is 4. The number of carbonyl (C=O) groups is 1. The molecule has 1 aromatic carbocycles. The molecule has 1 amide bonds. The normalized spacial score (nSPS) is 13.0. The van der Waals surface area contributed by atoms with E-state index in [0.29, 0.717) is 17.8 Å². The average Bonchev–Trinajstić information content (AvgIpc) is 2.35. The number of sulfonamides is 1. The Bertz CT molecular complexity index is 599. The number of nitrogens with zero attached hydrogens (tertiary/aromatic N) is 1. The van der Waals surface area contributed by atoms with Crippen LogP contribution in [0, 0.1) is 6.92 Å². The van der Waals surface area contributed by atoms with Crippen molar-refractivity contribution in [1.82, 2.24) is 9.62 Å². The Morgan fingerprint density at radius 2 is 2.05 bits per heavy atom. The van der Waals surface area contributed by atoms with Crippen LogP contribution in [-0.2, 0) is 14.8 Å². The van der Waals surface area contributed by atoms with Crippen molar-refractivity contribution >= 4 is 21.6 Å². The Morgan fingerprint density at radius 3 is 2.55 bits per heavy atom. The number of amides is 1. The number of anilines is 1. The first-order valence-electron chi connectivity index (χ1n) is 6.32. The van der Waals surface area contributed by atoms with Crippen LogP contribution in [0.25, 0.3) is 0 Å². The molecular formula is C13H21N3O3S. The van der Waals surface area contributed by atoms with Crippen LogP contribution in [0.15, 0.2) is 23.1 Å². The lowest BCUT2D eigenvalue weighted by Crippen LogP contribution is -2.45. The molecule has 0 spiro atoms. The zero-order valence-corrected chi connectivity index (χ0v) is 13.0. The van der Waals surface area contributed by atoms with Gasteiger partial charge in [0.25, 0.3) is 0 Å². The number of aryl methyl sites for hydroxylation is 1. The second-order valence-corrected chi connectivity index (χ2v) is 6.40. The average molecular weight is 299 g/mol. The fourth-order valence-electron chi connectivity index (χ4n) is 1.81. The lowest BCUT2D eigenvalue weighted by atomic mass is 10.2. The van der Waals surface area contributed by atoms with Gasteiger partial charge in [-0.1, -0.05) is 0 Å². The minimum atomic E-state index is -3.75. The summed E-state index contributed by atoms with van der Waals surface area (Å²) in [6.07, 6.45) is 0. The van der Waals surface area contributed by atoms with Crippen molar-refractivity contribution in [3.63, 3.8) is 0 Å². The van der Waals surface area contributed by atoms with Gasteiger partial charge in [0, 0.05) is 19.3 Å². The van der Waals surface area contributed by atoms with E-state index in [1.165, 1.54) is 24.0 Å². The first-order valence-corrected chi connectivity index (χ1v) is 7.80. The van der Waals surface area contributed by atoms with Crippen LogP contribution in [-0.4, -0.2) is 38.9 Å². The third-order valence-corrected chi connectivity index (χ3v) is 4.74. The van der Waals surface area contributed by atoms with E-state index in [4.69, 9.17) is 5.73 Å². The monoisotopic (exact) mass is 299 g/mol. The highest BCUT2D eigenvalue weighted by atomic mass is 32.2. The number of nitrogens with one attached hydrogen (secondary N) is 1. The Kier molecular flexibility index (Phi) is 5.13. The number of nitrogen functional groups attached to an aromatic ring is 1. The van der Waals surface area contributed by atoms with Gasteiger partial charge in [0.2, 0.25) is 15.9 Å². The van der Waals surface area contributed by atoms with E-state index in [9.17, 15) is 13.2 Å². The molecule has 7 heteroatoms. The standard InChI is InChI=1S/C13H21N3O3S/c1-5-16(4)13(17)10(3)15-20(18,19)12-7-6-11(14)8-9(12)2/h6-8,10,15H,5,14H2,1-4H3. The fraction of sp³-hybridized carbons (Fsp3) is 0.462. The predicted molar refractivity (Wildman–Crippen MR) is 78.7 cm³/mol. The molecule has 0 aromatic heterocycles. The molecule has 1 aromatic rings. The topological polar surface area (TPSA) is 92.5 Å². The zero-order valence-electron chi connectivity index (χ0n) is 12.2. The lowest BCUT2D eigenvalue weighted by Gasteiger charge is -2.21. The first-order chi connectivity index (χ1) is 9.19. The van der Waals surface area contributed by atoms with Gasteiger partial charge in [0.1, 0.15) is 0 Å². The van der Waals surface area contributed by atoms with Crippen LogP contribution < -0.4 is 10.5 Å². The summed E-state index contributed by atoms with van der Waals surface area (Å²) < 4.78 is 26.9. The van der Waals surface area contributed by atoms with Gasteiger partial charge in [-0.25, -0.2) is 8.42 Å². The van der Waals surface area contributed by atoms with Gasteiger partial charge >= 0.3 is 0 Å². The van der Waals surface area contributed by atoms with Gasteiger partial charge in [-0.2, -0.15) is 4.72 Å². The largest absolute Gasteiger partial charge is 0.399 e. The smallest absolute Gasteiger partial charge is 0.241 e. The Labute approximate surface area is 120 Å². The molecule has 0 bridgehead atoms. The SMILES string of the molecule is CCN(C)C(=O)C(C)NS(=O)(=O)c1ccc(N)cc1C. The van der Waals surface area contributed by atoms with E-state index < -0.39 is 16.1 Å². The number of hydrogen-bond donors (Lipinski definition) is 2. The van der Waals surface area contributed by atoms with E-state index in [2.05, 4.69) is 4.72 Å². The molecule has 6 nitrogen and oxygen atoms in total. The molecule has 0 aliphatic carbocycles. The minimum Gasteiger partial charge on any atom is -0.399 e. The highest BCUT2D eigenvalue weighted by Gasteiger charge is 2.24. The van der Waals surface area contributed by atoms with Crippen molar-refractivity contribution in [1.29, 1.82) is 0 Å². The summed E-state index contributed by atoms with van der Waals surface area (Å²) >= 11 is 0. The van der Waals surface area contributed by atoms with Crippen molar-refractivity contribution < 1.29 is 13.2 Å². The minimum absolute atomic E-state index is 0.130. The van der Waals surface area contributed by atoms with Crippen molar-refractivity contribution in [2.75, 3.05) is 19.3 Å². The van der Waals surface area contributed by atoms with Gasteiger partial charge in [-0.05, 0) is 44.5 Å². The van der Waals surface area contributed by atoms with E-state index in [-0.39, 0.29) is 10.8 Å². The molecule has 112 valence electrons. The van der Waals surface area contributed by atoms with Crippen LogP contribution in [0.1, 0.15) is 19.4 Å². The third kappa shape index (κ3) is 3.71. The summed E-state index contributed by atoms with van der Waals surface area (Å²) in [7, 11) is -2.12. The number of carbonyl (C=O) groups excluding carboxylic acids is 1. The maximum absolute atomic E-state index is 12.3. The summed E-state index contributed by atoms with van der Waals surface area (Å²) in [6, 6.07) is 3.72. The molecular weight excluding hydrogens is 278 g/mol. The molecule has 0 aliphatic heterocycles. The molecule has 0 radical (unpaired) electrons. The van der Waals surface area contributed by atoms with Gasteiger partial charge in [-0.15, -0.1) is 0 Å². The summed E-state index contributed by atoms with van der Waals surface area (Å²) in [4.78, 5) is 13.5. The van der Waals surface area contributed by atoms with Crippen LogP contribution in [0.3, 0.4) is 0 Å². The zero-order chi connectivity index (χ0) is 15.5. The number of benzene rings is 1. The molecule has 0 saturated heterocycles. The molecule has 1 atom stereocenters. The van der Waals surface area contributed by atoms with Gasteiger partial charge < -0.3 is 10.6 Å². The Hall–Kier alpha value is -1.60. The van der Waals surface area contributed by atoms with Crippen molar-refractivity contribution in [3.05, 3.63) is 23.8 Å². The van der Waals surface area contributed by atoms with E-state index in [1.807, 2.05) is 6.92 Å². The van der Waals surface area contributed by atoms with Crippen LogP contribution in [0.2, 0.25) is 0 Å². The molecule has 0 fully saturated rings. The quantitative estimate of drug-likeness (QED) is 0.784. The molecule has 20 heavy (non-hydrogen) atoms. The lowest BCUT2D eigenvalue weighted by molar-refractivity contribution is -0.131. The summed E-state index contributed by atoms with van der Waals surface area (Å²) in [5.74, 6) is -0.274. The van der Waals surface area contributed by atoms with Crippen LogP contribution in [0.4, 0.5) is 5.69 Å². The van der Waals surface area contributed by atoms with E-state index in [0.717, 1.165) is 0 Å².